The lowest BCUT2D eigenvalue weighted by molar-refractivity contribution is 0.0984. The second kappa shape index (κ2) is 5.79. The highest BCUT2D eigenvalue weighted by Gasteiger charge is 2.27. The highest BCUT2D eigenvalue weighted by atomic mass is 79.9. The summed E-state index contributed by atoms with van der Waals surface area (Å²) in [5, 5.41) is 7.70. The van der Waals surface area contributed by atoms with Crippen molar-refractivity contribution in [3.05, 3.63) is 70.3 Å². The van der Waals surface area contributed by atoms with Crippen molar-refractivity contribution < 1.29 is 4.79 Å². The summed E-state index contributed by atoms with van der Waals surface area (Å²) in [4.78, 5) is 15.0. The molecule has 6 heteroatoms. The number of hydrogen-bond donors (Lipinski definition) is 1. The number of carbonyl (C=O) groups excluding carboxylic acids is 1. The van der Waals surface area contributed by atoms with Gasteiger partial charge in [0.1, 0.15) is 5.82 Å². The molecule has 0 bridgehead atoms. The molecule has 5 nitrogen and oxygen atoms in total. The van der Waals surface area contributed by atoms with Gasteiger partial charge in [-0.05, 0) is 40.2 Å². The summed E-state index contributed by atoms with van der Waals surface area (Å²) in [5.41, 5.74) is 3.36. The zero-order chi connectivity index (χ0) is 16.7. The van der Waals surface area contributed by atoms with Gasteiger partial charge >= 0.3 is 0 Å². The monoisotopic (exact) mass is 382 g/mol. The third kappa shape index (κ3) is 2.39. The number of anilines is 3. The summed E-state index contributed by atoms with van der Waals surface area (Å²) in [6.45, 7) is 0.466. The lowest BCUT2D eigenvalue weighted by Crippen LogP contribution is -2.30. The van der Waals surface area contributed by atoms with Crippen molar-refractivity contribution in [2.24, 2.45) is 7.05 Å². The van der Waals surface area contributed by atoms with Gasteiger partial charge in [-0.3, -0.25) is 9.48 Å². The van der Waals surface area contributed by atoms with Crippen LogP contribution in [0.5, 0.6) is 0 Å². The van der Waals surface area contributed by atoms with Gasteiger partial charge in [0.15, 0.2) is 0 Å². The largest absolute Gasteiger partial charge is 0.338 e. The van der Waals surface area contributed by atoms with Crippen LogP contribution < -0.4 is 10.2 Å². The van der Waals surface area contributed by atoms with E-state index in [1.807, 2.05) is 55.6 Å². The van der Waals surface area contributed by atoms with Crippen LogP contribution in [0.1, 0.15) is 15.9 Å². The van der Waals surface area contributed by atoms with Crippen molar-refractivity contribution in [1.29, 1.82) is 0 Å². The highest BCUT2D eigenvalue weighted by Crippen LogP contribution is 2.36. The van der Waals surface area contributed by atoms with Crippen LogP contribution >= 0.6 is 15.9 Å². The standard InChI is InChI=1S/C18H15BrN4O/c1-22-17-12(10-20-22)11-23(16-9-5-4-8-15(16)21-17)18(24)13-6-2-3-7-14(13)19/h2-10,21H,11H2,1H3. The molecule has 1 N–H and O–H groups in total. The van der Waals surface area contributed by atoms with E-state index in [1.54, 1.807) is 15.8 Å². The molecule has 0 unspecified atom stereocenters. The minimum atomic E-state index is -0.0478. The van der Waals surface area contributed by atoms with E-state index in [0.29, 0.717) is 12.1 Å². The Morgan fingerprint density at radius 2 is 1.92 bits per heavy atom. The third-order valence-corrected chi connectivity index (χ3v) is 4.83. The van der Waals surface area contributed by atoms with Crippen LogP contribution in [0.4, 0.5) is 17.2 Å². The first-order valence-corrected chi connectivity index (χ1v) is 8.38. The number of amides is 1. The predicted octanol–water partition coefficient (Wildman–Crippen LogP) is 4.09. The fourth-order valence-electron chi connectivity index (χ4n) is 2.92. The van der Waals surface area contributed by atoms with E-state index in [4.69, 9.17) is 0 Å². The van der Waals surface area contributed by atoms with Crippen molar-refractivity contribution in [3.63, 3.8) is 0 Å². The van der Waals surface area contributed by atoms with E-state index in [1.165, 1.54) is 0 Å². The number of benzene rings is 2. The molecule has 1 amide bonds. The van der Waals surface area contributed by atoms with Crippen LogP contribution in [0, 0.1) is 0 Å². The van der Waals surface area contributed by atoms with Gasteiger partial charge in [0, 0.05) is 17.1 Å². The fourth-order valence-corrected chi connectivity index (χ4v) is 3.37. The Balaban J connectivity index is 1.85. The van der Waals surface area contributed by atoms with E-state index in [9.17, 15) is 4.79 Å². The molecule has 2 heterocycles. The topological polar surface area (TPSA) is 50.2 Å². The first-order chi connectivity index (χ1) is 11.6. The number of rotatable bonds is 1. The maximum absolute atomic E-state index is 13.2. The summed E-state index contributed by atoms with van der Waals surface area (Å²) >= 11 is 3.48. The zero-order valence-electron chi connectivity index (χ0n) is 13.0. The first-order valence-electron chi connectivity index (χ1n) is 7.58. The molecule has 0 saturated heterocycles. The van der Waals surface area contributed by atoms with Gasteiger partial charge < -0.3 is 10.2 Å². The molecule has 0 radical (unpaired) electrons. The quantitative estimate of drug-likeness (QED) is 0.689. The van der Waals surface area contributed by atoms with Crippen molar-refractivity contribution in [2.45, 2.75) is 6.54 Å². The van der Waals surface area contributed by atoms with Gasteiger partial charge in [-0.25, -0.2) is 0 Å². The van der Waals surface area contributed by atoms with Crippen LogP contribution in [-0.2, 0) is 13.6 Å². The maximum atomic E-state index is 13.2. The lowest BCUT2D eigenvalue weighted by Gasteiger charge is -2.23. The predicted molar refractivity (Wildman–Crippen MR) is 97.6 cm³/mol. The van der Waals surface area contributed by atoms with Crippen molar-refractivity contribution in [3.8, 4) is 0 Å². The summed E-state index contributed by atoms with van der Waals surface area (Å²) in [6, 6.07) is 15.3. The van der Waals surface area contributed by atoms with E-state index >= 15 is 0 Å². The summed E-state index contributed by atoms with van der Waals surface area (Å²) in [7, 11) is 1.89. The minimum Gasteiger partial charge on any atom is -0.338 e. The number of fused-ring (bicyclic) bond motifs is 2. The summed E-state index contributed by atoms with van der Waals surface area (Å²) in [6.07, 6.45) is 1.80. The van der Waals surface area contributed by atoms with Gasteiger partial charge in [0.05, 0.1) is 29.7 Å². The Labute approximate surface area is 148 Å². The number of nitrogens with zero attached hydrogens (tertiary/aromatic N) is 3. The zero-order valence-corrected chi connectivity index (χ0v) is 14.6. The van der Waals surface area contributed by atoms with E-state index in [0.717, 1.165) is 27.2 Å². The molecule has 0 atom stereocenters. The number of halogens is 1. The first kappa shape index (κ1) is 15.0. The molecule has 1 aliphatic rings. The van der Waals surface area contributed by atoms with Crippen LogP contribution in [0.3, 0.4) is 0 Å². The van der Waals surface area contributed by atoms with E-state index in [2.05, 4.69) is 26.3 Å². The summed E-state index contributed by atoms with van der Waals surface area (Å²) in [5.74, 6) is 0.860. The molecule has 120 valence electrons. The Morgan fingerprint density at radius 1 is 1.17 bits per heavy atom. The van der Waals surface area contributed by atoms with Crippen LogP contribution in [0.25, 0.3) is 0 Å². The number of aryl methyl sites for hydroxylation is 1. The second-order valence-corrected chi connectivity index (χ2v) is 6.51. The molecule has 0 aliphatic carbocycles. The van der Waals surface area contributed by atoms with Crippen LogP contribution in [-0.4, -0.2) is 15.7 Å². The van der Waals surface area contributed by atoms with Crippen molar-refractivity contribution >= 4 is 39.0 Å². The molecule has 2 aromatic carbocycles. The van der Waals surface area contributed by atoms with Crippen molar-refractivity contribution in [2.75, 3.05) is 10.2 Å². The minimum absolute atomic E-state index is 0.0478. The Hall–Kier alpha value is -2.60. The third-order valence-electron chi connectivity index (χ3n) is 4.14. The summed E-state index contributed by atoms with van der Waals surface area (Å²) < 4.78 is 2.58. The molecule has 0 spiro atoms. The molecule has 24 heavy (non-hydrogen) atoms. The molecule has 0 saturated carbocycles. The van der Waals surface area contributed by atoms with Gasteiger partial charge in [-0.2, -0.15) is 5.10 Å². The number of nitrogens with one attached hydrogen (secondary N) is 1. The molecule has 3 aromatic rings. The molecule has 0 fully saturated rings. The van der Waals surface area contributed by atoms with Crippen molar-refractivity contribution in [1.82, 2.24) is 9.78 Å². The van der Waals surface area contributed by atoms with Gasteiger partial charge in [0.2, 0.25) is 0 Å². The molecular formula is C18H15BrN4O. The normalized spacial score (nSPS) is 12.8. The lowest BCUT2D eigenvalue weighted by atomic mass is 10.1. The molecule has 1 aromatic heterocycles. The molecular weight excluding hydrogens is 368 g/mol. The number of para-hydroxylation sites is 2. The Kier molecular flexibility index (Phi) is 3.61. The number of aromatic nitrogens is 2. The van der Waals surface area contributed by atoms with E-state index < -0.39 is 0 Å². The van der Waals surface area contributed by atoms with Gasteiger partial charge in [-0.15, -0.1) is 0 Å². The number of hydrogen-bond acceptors (Lipinski definition) is 3. The van der Waals surface area contributed by atoms with Gasteiger partial charge in [0.25, 0.3) is 5.91 Å². The Morgan fingerprint density at radius 3 is 2.75 bits per heavy atom. The fraction of sp³-hybridized carbons (Fsp3) is 0.111. The molecule has 4 rings (SSSR count). The highest BCUT2D eigenvalue weighted by molar-refractivity contribution is 9.10. The van der Waals surface area contributed by atoms with Crippen LogP contribution in [0.2, 0.25) is 0 Å². The number of carbonyl (C=O) groups is 1. The molecule has 1 aliphatic heterocycles. The SMILES string of the molecule is Cn1ncc2c1Nc1ccccc1N(C(=O)c1ccccc1Br)C2. The van der Waals surface area contributed by atoms with Crippen LogP contribution in [0.15, 0.2) is 59.2 Å². The van der Waals surface area contributed by atoms with E-state index in [-0.39, 0.29) is 5.91 Å². The van der Waals surface area contributed by atoms with Gasteiger partial charge in [-0.1, -0.05) is 24.3 Å². The average molecular weight is 383 g/mol. The maximum Gasteiger partial charge on any atom is 0.259 e. The Bertz CT molecular complexity index is 934. The average Bonchev–Trinajstić information content (AvgIpc) is 2.84. The smallest absolute Gasteiger partial charge is 0.259 e. The second-order valence-electron chi connectivity index (χ2n) is 5.66.